The first-order chi connectivity index (χ1) is 9.88. The quantitative estimate of drug-likeness (QED) is 0.657. The number of nitro groups is 1. The van der Waals surface area contributed by atoms with Crippen molar-refractivity contribution >= 4 is 11.4 Å². The highest BCUT2D eigenvalue weighted by atomic mass is 19.4. The number of nitro benzene ring substituents is 1. The van der Waals surface area contributed by atoms with E-state index in [1.165, 1.54) is 0 Å². The molecule has 1 unspecified atom stereocenters. The van der Waals surface area contributed by atoms with Crippen molar-refractivity contribution in [3.8, 4) is 0 Å². The fourth-order valence-corrected chi connectivity index (χ4v) is 2.01. The number of rotatable bonds is 4. The maximum atomic E-state index is 13.0. The lowest BCUT2D eigenvalue weighted by Gasteiger charge is -2.25. The predicted molar refractivity (Wildman–Crippen MR) is 69.2 cm³/mol. The summed E-state index contributed by atoms with van der Waals surface area (Å²) in [6.07, 6.45) is -4.91. The molecule has 0 aromatic heterocycles. The van der Waals surface area contributed by atoms with Crippen molar-refractivity contribution in [1.29, 1.82) is 0 Å². The van der Waals surface area contributed by atoms with Crippen molar-refractivity contribution in [2.45, 2.75) is 12.3 Å². The van der Waals surface area contributed by atoms with Crippen LogP contribution < -0.4 is 10.6 Å². The number of hydrogen-bond donors (Lipinski definition) is 2. The molecule has 0 radical (unpaired) electrons. The lowest BCUT2D eigenvalue weighted by atomic mass is 10.1. The summed E-state index contributed by atoms with van der Waals surface area (Å²) in [6.45, 7) is 1.94. The van der Waals surface area contributed by atoms with Crippen LogP contribution in [0.2, 0.25) is 0 Å². The second-order valence-corrected chi connectivity index (χ2v) is 4.56. The molecule has 2 rings (SSSR count). The number of hydrogen-bond acceptors (Lipinski definition) is 5. The summed E-state index contributed by atoms with van der Waals surface area (Å²) in [5.74, 6) is 0. The van der Waals surface area contributed by atoms with E-state index in [0.717, 1.165) is 12.1 Å². The first-order valence-corrected chi connectivity index (χ1v) is 6.30. The second kappa shape index (κ2) is 6.27. The molecule has 6 nitrogen and oxygen atoms in total. The number of nitrogens with zero attached hydrogens (tertiary/aromatic N) is 1. The molecule has 1 saturated heterocycles. The average molecular weight is 305 g/mol. The molecule has 21 heavy (non-hydrogen) atoms. The number of ether oxygens (including phenoxy) is 1. The zero-order chi connectivity index (χ0) is 15.5. The van der Waals surface area contributed by atoms with Gasteiger partial charge in [-0.3, -0.25) is 10.1 Å². The van der Waals surface area contributed by atoms with Gasteiger partial charge in [0.05, 0.1) is 23.2 Å². The van der Waals surface area contributed by atoms with Crippen molar-refractivity contribution in [3.63, 3.8) is 0 Å². The van der Waals surface area contributed by atoms with E-state index in [-0.39, 0.29) is 18.3 Å². The molecule has 1 fully saturated rings. The van der Waals surface area contributed by atoms with E-state index in [9.17, 15) is 23.3 Å². The van der Waals surface area contributed by atoms with Crippen molar-refractivity contribution in [2.75, 3.05) is 31.6 Å². The number of halogens is 3. The van der Waals surface area contributed by atoms with E-state index in [1.807, 2.05) is 0 Å². The summed E-state index contributed by atoms with van der Waals surface area (Å²) < 4.78 is 44.2. The van der Waals surface area contributed by atoms with Crippen LogP contribution in [0.1, 0.15) is 5.56 Å². The van der Waals surface area contributed by atoms with Gasteiger partial charge >= 0.3 is 6.18 Å². The molecule has 1 aromatic rings. The first-order valence-electron chi connectivity index (χ1n) is 6.30. The molecule has 2 N–H and O–H groups in total. The molecule has 0 amide bonds. The van der Waals surface area contributed by atoms with Crippen LogP contribution in [-0.4, -0.2) is 37.3 Å². The Labute approximate surface area is 118 Å². The van der Waals surface area contributed by atoms with E-state index in [1.54, 1.807) is 0 Å². The lowest BCUT2D eigenvalue weighted by molar-refractivity contribution is -0.385. The molecule has 0 bridgehead atoms. The van der Waals surface area contributed by atoms with Crippen LogP contribution in [0.3, 0.4) is 0 Å². The maximum absolute atomic E-state index is 13.0. The lowest BCUT2D eigenvalue weighted by Crippen LogP contribution is -2.42. The summed E-state index contributed by atoms with van der Waals surface area (Å²) in [5.41, 5.74) is -1.84. The minimum atomic E-state index is -4.67. The third kappa shape index (κ3) is 4.05. The van der Waals surface area contributed by atoms with E-state index in [0.29, 0.717) is 25.8 Å². The van der Waals surface area contributed by atoms with Gasteiger partial charge in [0, 0.05) is 37.5 Å². The summed E-state index contributed by atoms with van der Waals surface area (Å²) >= 11 is 0. The Morgan fingerprint density at radius 2 is 2.24 bits per heavy atom. The molecule has 1 atom stereocenters. The smallest absolute Gasteiger partial charge is 0.382 e. The van der Waals surface area contributed by atoms with Gasteiger partial charge in [-0.25, -0.2) is 0 Å². The predicted octanol–water partition coefficient (Wildman–Crippen LogP) is 2.01. The molecule has 0 saturated carbocycles. The second-order valence-electron chi connectivity index (χ2n) is 4.56. The number of morpholine rings is 1. The van der Waals surface area contributed by atoms with Crippen LogP contribution in [-0.2, 0) is 10.9 Å². The van der Waals surface area contributed by atoms with Crippen LogP contribution >= 0.6 is 0 Å². The number of nitrogens with one attached hydrogen (secondary N) is 2. The maximum Gasteiger partial charge on any atom is 0.418 e. The molecular weight excluding hydrogens is 291 g/mol. The van der Waals surface area contributed by atoms with Gasteiger partial charge in [-0.2, -0.15) is 13.2 Å². The van der Waals surface area contributed by atoms with Crippen molar-refractivity contribution in [3.05, 3.63) is 33.9 Å². The van der Waals surface area contributed by atoms with Gasteiger partial charge in [0.25, 0.3) is 5.69 Å². The molecule has 0 aliphatic carbocycles. The standard InChI is InChI=1S/C12H14F3N3O3/c13-12(14,15)10-5-8(18(19)20)1-2-11(10)17-7-9-6-16-3-4-21-9/h1-2,5,9,16-17H,3-4,6-7H2. The normalized spacial score (nSPS) is 19.3. The van der Waals surface area contributed by atoms with E-state index in [2.05, 4.69) is 10.6 Å². The van der Waals surface area contributed by atoms with E-state index in [4.69, 9.17) is 4.74 Å². The van der Waals surface area contributed by atoms with Gasteiger partial charge in [-0.05, 0) is 6.07 Å². The summed E-state index contributed by atoms with van der Waals surface area (Å²) in [4.78, 5) is 9.73. The zero-order valence-corrected chi connectivity index (χ0v) is 10.9. The number of anilines is 1. The van der Waals surface area contributed by atoms with Gasteiger partial charge in [0.2, 0.25) is 0 Å². The van der Waals surface area contributed by atoms with Gasteiger partial charge in [-0.15, -0.1) is 0 Å². The van der Waals surface area contributed by atoms with Crippen molar-refractivity contribution in [1.82, 2.24) is 5.32 Å². The van der Waals surface area contributed by atoms with Crippen molar-refractivity contribution in [2.24, 2.45) is 0 Å². The Balaban J connectivity index is 2.15. The fourth-order valence-electron chi connectivity index (χ4n) is 2.01. The summed E-state index contributed by atoms with van der Waals surface area (Å²) in [7, 11) is 0. The number of benzene rings is 1. The zero-order valence-electron chi connectivity index (χ0n) is 10.9. The first kappa shape index (κ1) is 15.5. The van der Waals surface area contributed by atoms with Crippen LogP contribution in [0.5, 0.6) is 0 Å². The Hall–Kier alpha value is -1.87. The van der Waals surface area contributed by atoms with Crippen LogP contribution in [0.4, 0.5) is 24.5 Å². The third-order valence-electron chi connectivity index (χ3n) is 3.04. The van der Waals surface area contributed by atoms with Gasteiger partial charge < -0.3 is 15.4 Å². The van der Waals surface area contributed by atoms with Gasteiger partial charge in [-0.1, -0.05) is 0 Å². The monoisotopic (exact) mass is 305 g/mol. The number of alkyl halides is 3. The SMILES string of the molecule is O=[N+]([O-])c1ccc(NCC2CNCCO2)c(C(F)(F)F)c1. The molecular formula is C12H14F3N3O3. The molecule has 1 heterocycles. The van der Waals surface area contributed by atoms with E-state index >= 15 is 0 Å². The molecule has 9 heteroatoms. The molecule has 116 valence electrons. The summed E-state index contributed by atoms with van der Waals surface area (Å²) in [6, 6.07) is 2.64. The molecule has 1 aliphatic heterocycles. The van der Waals surface area contributed by atoms with Crippen LogP contribution in [0.25, 0.3) is 0 Å². The highest BCUT2D eigenvalue weighted by molar-refractivity contribution is 5.57. The van der Waals surface area contributed by atoms with Crippen LogP contribution in [0, 0.1) is 10.1 Å². The van der Waals surface area contributed by atoms with Crippen molar-refractivity contribution < 1.29 is 22.8 Å². The third-order valence-corrected chi connectivity index (χ3v) is 3.04. The summed E-state index contributed by atoms with van der Waals surface area (Å²) in [5, 5.41) is 16.3. The highest BCUT2D eigenvalue weighted by Crippen LogP contribution is 2.37. The van der Waals surface area contributed by atoms with Gasteiger partial charge in [0.1, 0.15) is 0 Å². The Morgan fingerprint density at radius 1 is 1.48 bits per heavy atom. The van der Waals surface area contributed by atoms with E-state index < -0.39 is 22.4 Å². The Morgan fingerprint density at radius 3 is 2.81 bits per heavy atom. The fraction of sp³-hybridized carbons (Fsp3) is 0.500. The largest absolute Gasteiger partial charge is 0.418 e. The van der Waals surface area contributed by atoms with Gasteiger partial charge in [0.15, 0.2) is 0 Å². The molecule has 1 aliphatic rings. The Bertz CT molecular complexity index is 516. The number of non-ortho nitro benzene ring substituents is 1. The average Bonchev–Trinajstić information content (AvgIpc) is 2.45. The highest BCUT2D eigenvalue weighted by Gasteiger charge is 2.35. The molecule has 0 spiro atoms. The topological polar surface area (TPSA) is 76.4 Å². The minimum Gasteiger partial charge on any atom is -0.382 e. The molecule has 1 aromatic carbocycles. The minimum absolute atomic E-state index is 0.188. The Kier molecular flexibility index (Phi) is 4.63. The van der Waals surface area contributed by atoms with Crippen LogP contribution in [0.15, 0.2) is 18.2 Å².